The molecule has 1 fully saturated rings. The lowest BCUT2D eigenvalue weighted by Gasteiger charge is -2.25. The highest BCUT2D eigenvalue weighted by atomic mass is 16.5. The van der Waals surface area contributed by atoms with Gasteiger partial charge in [0.05, 0.1) is 40.2 Å². The molecule has 1 aromatic rings. The summed E-state index contributed by atoms with van der Waals surface area (Å²) in [7, 11) is 4.49. The minimum atomic E-state index is -0.439. The summed E-state index contributed by atoms with van der Waals surface area (Å²) in [5, 5.41) is 13.1. The third-order valence-electron chi connectivity index (χ3n) is 3.57. The van der Waals surface area contributed by atoms with Gasteiger partial charge in [-0.15, -0.1) is 0 Å². The first-order valence-electron chi connectivity index (χ1n) is 7.55. The second kappa shape index (κ2) is 8.75. The van der Waals surface area contributed by atoms with Crippen molar-refractivity contribution in [3.63, 3.8) is 0 Å². The number of hydrazone groups is 1. The van der Waals surface area contributed by atoms with Crippen molar-refractivity contribution in [2.45, 2.75) is 0 Å². The van der Waals surface area contributed by atoms with Gasteiger partial charge in [0, 0.05) is 25.2 Å². The molecule has 0 saturated carbocycles. The highest BCUT2D eigenvalue weighted by molar-refractivity contribution is 6.45. The molecule has 0 radical (unpaired) electrons. The number of benzene rings is 1. The first-order chi connectivity index (χ1) is 12.1. The molecule has 0 aromatic heterocycles. The monoisotopic (exact) mass is 348 g/mol. The maximum atomic E-state index is 12.3. The van der Waals surface area contributed by atoms with E-state index in [0.717, 1.165) is 0 Å². The number of nitrogens with one attached hydrogen (secondary N) is 1. The zero-order valence-electron chi connectivity index (χ0n) is 14.4. The quantitative estimate of drug-likeness (QED) is 0.600. The van der Waals surface area contributed by atoms with Gasteiger partial charge in [0.2, 0.25) is 11.5 Å². The van der Waals surface area contributed by atoms with E-state index in [1.54, 1.807) is 12.1 Å². The van der Waals surface area contributed by atoms with Gasteiger partial charge in [-0.3, -0.25) is 10.2 Å². The van der Waals surface area contributed by atoms with Crippen LogP contribution in [0, 0.1) is 11.3 Å². The van der Waals surface area contributed by atoms with Gasteiger partial charge in [-0.25, -0.2) is 0 Å². The minimum absolute atomic E-state index is 0.240. The van der Waals surface area contributed by atoms with Gasteiger partial charge in [-0.05, 0) is 0 Å². The molecule has 9 nitrogen and oxygen atoms in total. The molecule has 134 valence electrons. The summed E-state index contributed by atoms with van der Waals surface area (Å²) in [4.78, 5) is 13.8. The van der Waals surface area contributed by atoms with Crippen LogP contribution in [0.2, 0.25) is 0 Å². The summed E-state index contributed by atoms with van der Waals surface area (Å²) < 4.78 is 20.9. The van der Waals surface area contributed by atoms with Crippen LogP contribution in [-0.2, 0) is 9.53 Å². The second-order valence-electron chi connectivity index (χ2n) is 5.00. The average Bonchev–Trinajstić information content (AvgIpc) is 2.67. The molecule has 1 heterocycles. The molecule has 1 aliphatic rings. The molecule has 1 aromatic carbocycles. The largest absolute Gasteiger partial charge is 0.493 e. The van der Waals surface area contributed by atoms with Crippen LogP contribution in [0.1, 0.15) is 0 Å². The highest BCUT2D eigenvalue weighted by Gasteiger charge is 2.22. The van der Waals surface area contributed by atoms with Gasteiger partial charge in [0.1, 0.15) is 6.07 Å². The van der Waals surface area contributed by atoms with E-state index in [0.29, 0.717) is 49.2 Å². The zero-order valence-corrected chi connectivity index (χ0v) is 14.4. The van der Waals surface area contributed by atoms with Gasteiger partial charge in [-0.2, -0.15) is 10.4 Å². The lowest BCUT2D eigenvalue weighted by atomic mass is 10.2. The number of morpholine rings is 1. The van der Waals surface area contributed by atoms with E-state index < -0.39 is 5.91 Å². The highest BCUT2D eigenvalue weighted by Crippen LogP contribution is 2.39. The molecule has 1 amide bonds. The Morgan fingerprint density at radius 1 is 1.20 bits per heavy atom. The summed E-state index contributed by atoms with van der Waals surface area (Å²) in [6.45, 7) is 1.77. The Morgan fingerprint density at radius 3 is 2.28 bits per heavy atom. The number of nitrogens with zero attached hydrogens (tertiary/aromatic N) is 3. The molecule has 0 atom stereocenters. The molecule has 0 bridgehead atoms. The Labute approximate surface area is 145 Å². The number of ether oxygens (including phenoxy) is 4. The van der Waals surface area contributed by atoms with Crippen molar-refractivity contribution in [3.05, 3.63) is 12.1 Å². The number of carbonyl (C=O) groups excluding carboxylic acids is 1. The van der Waals surface area contributed by atoms with Crippen molar-refractivity contribution in [2.75, 3.05) is 53.1 Å². The lowest BCUT2D eigenvalue weighted by molar-refractivity contribution is -0.127. The van der Waals surface area contributed by atoms with Crippen molar-refractivity contribution in [2.24, 2.45) is 5.10 Å². The van der Waals surface area contributed by atoms with Crippen molar-refractivity contribution >= 4 is 17.3 Å². The molecule has 0 aliphatic carbocycles. The third kappa shape index (κ3) is 4.30. The van der Waals surface area contributed by atoms with E-state index in [-0.39, 0.29) is 5.71 Å². The second-order valence-corrected chi connectivity index (χ2v) is 5.00. The van der Waals surface area contributed by atoms with E-state index >= 15 is 0 Å². The van der Waals surface area contributed by atoms with Crippen LogP contribution in [0.25, 0.3) is 0 Å². The Hall–Kier alpha value is -2.99. The van der Waals surface area contributed by atoms with Gasteiger partial charge in [-0.1, -0.05) is 0 Å². The van der Waals surface area contributed by atoms with Crippen LogP contribution < -0.4 is 19.6 Å². The molecule has 1 N–H and O–H groups in total. The zero-order chi connectivity index (χ0) is 18.2. The molecular formula is C16H20N4O5. The molecule has 1 aliphatic heterocycles. The van der Waals surface area contributed by atoms with Gasteiger partial charge in [0.15, 0.2) is 11.5 Å². The van der Waals surface area contributed by atoms with Gasteiger partial charge in [0.25, 0.3) is 5.91 Å². The van der Waals surface area contributed by atoms with Crippen molar-refractivity contribution in [1.82, 2.24) is 4.90 Å². The summed E-state index contributed by atoms with van der Waals surface area (Å²) in [6.07, 6.45) is 0. The lowest BCUT2D eigenvalue weighted by Crippen LogP contribution is -2.44. The Kier molecular flexibility index (Phi) is 6.42. The SMILES string of the molecule is COc1cc(N/N=C(\C#N)C(=O)N2CCOCC2)cc(OC)c1OC. The number of methoxy groups -OCH3 is 3. The van der Waals surface area contributed by atoms with E-state index in [2.05, 4.69) is 10.5 Å². The molecule has 2 rings (SSSR count). The Morgan fingerprint density at radius 2 is 1.80 bits per heavy atom. The number of carbonyl (C=O) groups is 1. The van der Waals surface area contributed by atoms with E-state index in [9.17, 15) is 10.1 Å². The molecule has 0 unspecified atom stereocenters. The number of hydrogen-bond donors (Lipinski definition) is 1. The maximum absolute atomic E-state index is 12.3. The van der Waals surface area contributed by atoms with Crippen LogP contribution in [-0.4, -0.2) is 64.2 Å². The minimum Gasteiger partial charge on any atom is -0.493 e. The van der Waals surface area contributed by atoms with E-state index in [1.807, 2.05) is 6.07 Å². The van der Waals surface area contributed by atoms with Crippen LogP contribution in [0.4, 0.5) is 5.69 Å². The first-order valence-corrected chi connectivity index (χ1v) is 7.55. The van der Waals surface area contributed by atoms with Crippen LogP contribution in [0.3, 0.4) is 0 Å². The molecule has 9 heteroatoms. The number of rotatable bonds is 6. The fourth-order valence-corrected chi connectivity index (χ4v) is 2.30. The summed E-state index contributed by atoms with van der Waals surface area (Å²) in [6, 6.07) is 5.07. The fourth-order valence-electron chi connectivity index (χ4n) is 2.30. The predicted octanol–water partition coefficient (Wildman–Crippen LogP) is 0.863. The van der Waals surface area contributed by atoms with Crippen LogP contribution in [0.15, 0.2) is 17.2 Å². The first kappa shape index (κ1) is 18.4. The predicted molar refractivity (Wildman–Crippen MR) is 90.2 cm³/mol. The van der Waals surface area contributed by atoms with Crippen molar-refractivity contribution < 1.29 is 23.7 Å². The molecular weight excluding hydrogens is 328 g/mol. The molecule has 25 heavy (non-hydrogen) atoms. The van der Waals surface area contributed by atoms with Gasteiger partial charge < -0.3 is 23.8 Å². The average molecular weight is 348 g/mol. The maximum Gasteiger partial charge on any atom is 0.285 e. The number of amides is 1. The fraction of sp³-hybridized carbons (Fsp3) is 0.438. The van der Waals surface area contributed by atoms with Crippen molar-refractivity contribution in [3.8, 4) is 23.3 Å². The number of hydrogen-bond acceptors (Lipinski definition) is 8. The number of nitriles is 1. The van der Waals surface area contributed by atoms with Crippen LogP contribution in [0.5, 0.6) is 17.2 Å². The summed E-state index contributed by atoms with van der Waals surface area (Å²) in [5.41, 5.74) is 2.93. The van der Waals surface area contributed by atoms with E-state index in [1.165, 1.54) is 26.2 Å². The summed E-state index contributed by atoms with van der Waals surface area (Å²) in [5.74, 6) is 0.852. The summed E-state index contributed by atoms with van der Waals surface area (Å²) >= 11 is 0. The Bertz CT molecular complexity index is 667. The standard InChI is InChI=1S/C16H20N4O5/c1-22-13-8-11(9-14(23-2)15(13)24-3)18-19-12(10-17)16(21)20-4-6-25-7-5-20/h8-9,18H,4-7H2,1-3H3/b19-12+. The van der Waals surface area contributed by atoms with E-state index in [4.69, 9.17) is 18.9 Å². The van der Waals surface area contributed by atoms with Crippen molar-refractivity contribution in [1.29, 1.82) is 5.26 Å². The van der Waals surface area contributed by atoms with Crippen LogP contribution >= 0.6 is 0 Å². The van der Waals surface area contributed by atoms with Gasteiger partial charge >= 0.3 is 0 Å². The number of anilines is 1. The normalized spacial score (nSPS) is 14.5. The third-order valence-corrected chi connectivity index (χ3v) is 3.57. The topological polar surface area (TPSA) is 105 Å². The Balaban J connectivity index is 2.21. The molecule has 1 saturated heterocycles. The smallest absolute Gasteiger partial charge is 0.285 e. The molecule has 0 spiro atoms.